The number of hydrogen-bond acceptors (Lipinski definition) is 4. The number of aromatic carboxylic acids is 1. The fourth-order valence-corrected chi connectivity index (χ4v) is 2.72. The van der Waals surface area contributed by atoms with Crippen LogP contribution in [0.4, 0.5) is 0 Å². The van der Waals surface area contributed by atoms with Crippen LogP contribution in [0, 0.1) is 6.92 Å². The summed E-state index contributed by atoms with van der Waals surface area (Å²) in [7, 11) is 0. The van der Waals surface area contributed by atoms with Gasteiger partial charge in [0.1, 0.15) is 11.3 Å². The number of rotatable bonds is 3. The molecule has 2 aromatic rings. The number of carboxylic acid groups (broad SMARTS) is 1. The normalized spacial score (nSPS) is 15.1. The van der Waals surface area contributed by atoms with E-state index in [0.29, 0.717) is 11.5 Å². The number of carboxylic acids is 1. The third-order valence-corrected chi connectivity index (χ3v) is 3.86. The molecule has 0 spiro atoms. The Kier molecular flexibility index (Phi) is 2.29. The summed E-state index contributed by atoms with van der Waals surface area (Å²) in [4.78, 5) is 13.3. The molecule has 0 radical (unpaired) electrons. The van der Waals surface area contributed by atoms with Gasteiger partial charge in [0.25, 0.3) is 0 Å². The lowest BCUT2D eigenvalue weighted by molar-refractivity contribution is 0.0695. The first-order chi connectivity index (χ1) is 8.16. The molecule has 1 aliphatic carbocycles. The number of aryl methyl sites for hydroxylation is 1. The standard InChI is InChI=1S/C12H11NO3S/c1-6-2-5-8(17-6)10-9(12(14)15)11(16-13-10)7-3-4-7/h2,5,7H,3-4H2,1H3,(H,14,15). The lowest BCUT2D eigenvalue weighted by atomic mass is 10.1. The quantitative estimate of drug-likeness (QED) is 0.906. The molecule has 1 aliphatic rings. The molecule has 0 unspecified atom stereocenters. The van der Waals surface area contributed by atoms with E-state index in [2.05, 4.69) is 5.16 Å². The van der Waals surface area contributed by atoms with Crippen LogP contribution >= 0.6 is 11.3 Å². The Hall–Kier alpha value is -1.62. The topological polar surface area (TPSA) is 63.3 Å². The maximum atomic E-state index is 11.3. The number of nitrogens with zero attached hydrogens (tertiary/aromatic N) is 1. The van der Waals surface area contributed by atoms with E-state index >= 15 is 0 Å². The van der Waals surface area contributed by atoms with E-state index in [1.807, 2.05) is 19.1 Å². The SMILES string of the molecule is Cc1ccc(-c2noc(C3CC3)c2C(=O)O)s1. The first-order valence-electron chi connectivity index (χ1n) is 5.46. The van der Waals surface area contributed by atoms with Gasteiger partial charge in [-0.05, 0) is 31.9 Å². The molecular formula is C12H11NO3S. The van der Waals surface area contributed by atoms with Gasteiger partial charge in [-0.1, -0.05) is 5.16 Å². The fourth-order valence-electron chi connectivity index (χ4n) is 1.86. The second kappa shape index (κ2) is 3.70. The molecule has 0 bridgehead atoms. The summed E-state index contributed by atoms with van der Waals surface area (Å²) in [5.41, 5.74) is 0.715. The Morgan fingerprint density at radius 2 is 2.29 bits per heavy atom. The average Bonchev–Trinajstić information content (AvgIpc) is 2.87. The summed E-state index contributed by atoms with van der Waals surface area (Å²) in [6.07, 6.45) is 2.00. The third kappa shape index (κ3) is 1.76. The lowest BCUT2D eigenvalue weighted by Gasteiger charge is -1.95. The second-order valence-corrected chi connectivity index (χ2v) is 5.55. The summed E-state index contributed by atoms with van der Waals surface area (Å²) in [5.74, 6) is -0.156. The number of aromatic nitrogens is 1. The summed E-state index contributed by atoms with van der Waals surface area (Å²) >= 11 is 1.53. The van der Waals surface area contributed by atoms with Crippen LogP contribution in [0.3, 0.4) is 0 Å². The van der Waals surface area contributed by atoms with Crippen molar-refractivity contribution in [1.82, 2.24) is 5.16 Å². The van der Waals surface area contributed by atoms with E-state index in [9.17, 15) is 9.90 Å². The zero-order chi connectivity index (χ0) is 12.0. The highest BCUT2D eigenvalue weighted by Crippen LogP contribution is 2.44. The maximum absolute atomic E-state index is 11.3. The first kappa shape index (κ1) is 10.5. The van der Waals surface area contributed by atoms with Crippen molar-refractivity contribution in [1.29, 1.82) is 0 Å². The smallest absolute Gasteiger partial charge is 0.341 e. The van der Waals surface area contributed by atoms with Crippen molar-refractivity contribution in [2.45, 2.75) is 25.7 Å². The highest BCUT2D eigenvalue weighted by Gasteiger charge is 2.35. The Morgan fingerprint density at radius 1 is 1.53 bits per heavy atom. The zero-order valence-corrected chi connectivity index (χ0v) is 10.1. The van der Waals surface area contributed by atoms with Crippen LogP contribution in [0.25, 0.3) is 10.6 Å². The molecule has 0 amide bonds. The van der Waals surface area contributed by atoms with Gasteiger partial charge in [0.2, 0.25) is 0 Å². The molecular weight excluding hydrogens is 238 g/mol. The highest BCUT2D eigenvalue weighted by atomic mass is 32.1. The molecule has 2 aromatic heterocycles. The van der Waals surface area contributed by atoms with E-state index in [1.54, 1.807) is 0 Å². The monoisotopic (exact) mass is 249 g/mol. The van der Waals surface area contributed by atoms with Crippen molar-refractivity contribution in [3.05, 3.63) is 28.3 Å². The van der Waals surface area contributed by atoms with E-state index in [1.165, 1.54) is 11.3 Å². The van der Waals surface area contributed by atoms with E-state index in [-0.39, 0.29) is 11.5 Å². The number of hydrogen-bond donors (Lipinski definition) is 1. The minimum absolute atomic E-state index is 0.245. The highest BCUT2D eigenvalue weighted by molar-refractivity contribution is 7.15. The molecule has 0 atom stereocenters. The average molecular weight is 249 g/mol. The minimum Gasteiger partial charge on any atom is -0.477 e. The molecule has 0 aliphatic heterocycles. The van der Waals surface area contributed by atoms with Gasteiger partial charge in [-0.15, -0.1) is 11.3 Å². The van der Waals surface area contributed by atoms with Crippen molar-refractivity contribution in [3.63, 3.8) is 0 Å². The largest absolute Gasteiger partial charge is 0.477 e. The van der Waals surface area contributed by atoms with Gasteiger partial charge < -0.3 is 9.63 Å². The molecule has 1 N–H and O–H groups in total. The van der Waals surface area contributed by atoms with Crippen LogP contribution in [0.15, 0.2) is 16.7 Å². The van der Waals surface area contributed by atoms with E-state index in [0.717, 1.165) is 22.6 Å². The lowest BCUT2D eigenvalue weighted by Crippen LogP contribution is -2.00. The van der Waals surface area contributed by atoms with Gasteiger partial charge in [0.15, 0.2) is 5.76 Å². The Labute approximate surface area is 102 Å². The van der Waals surface area contributed by atoms with Gasteiger partial charge in [-0.25, -0.2) is 4.79 Å². The van der Waals surface area contributed by atoms with Crippen LogP contribution in [0.1, 0.15) is 39.8 Å². The molecule has 4 nitrogen and oxygen atoms in total. The predicted molar refractivity (Wildman–Crippen MR) is 63.5 cm³/mol. The number of carbonyl (C=O) groups is 1. The zero-order valence-electron chi connectivity index (χ0n) is 9.27. The van der Waals surface area contributed by atoms with Gasteiger partial charge in [0.05, 0.1) is 4.88 Å². The maximum Gasteiger partial charge on any atom is 0.341 e. The first-order valence-corrected chi connectivity index (χ1v) is 6.28. The Balaban J connectivity index is 2.13. The Morgan fingerprint density at radius 3 is 2.82 bits per heavy atom. The summed E-state index contributed by atoms with van der Waals surface area (Å²) in [5, 5.41) is 13.2. The van der Waals surface area contributed by atoms with Gasteiger partial charge >= 0.3 is 5.97 Å². The van der Waals surface area contributed by atoms with Crippen LogP contribution in [-0.2, 0) is 0 Å². The molecule has 88 valence electrons. The van der Waals surface area contributed by atoms with Crippen molar-refractivity contribution in [3.8, 4) is 10.6 Å². The number of thiophene rings is 1. The van der Waals surface area contributed by atoms with Gasteiger partial charge in [-0.3, -0.25) is 0 Å². The van der Waals surface area contributed by atoms with Crippen LogP contribution in [-0.4, -0.2) is 16.2 Å². The third-order valence-electron chi connectivity index (χ3n) is 2.85. The molecule has 5 heteroatoms. The van der Waals surface area contributed by atoms with Crippen LogP contribution < -0.4 is 0 Å². The molecule has 17 heavy (non-hydrogen) atoms. The molecule has 0 saturated heterocycles. The molecule has 3 rings (SSSR count). The minimum atomic E-state index is -0.950. The molecule has 2 heterocycles. The predicted octanol–water partition coefficient (Wildman–Crippen LogP) is 3.29. The summed E-state index contributed by atoms with van der Waals surface area (Å²) in [6, 6.07) is 3.85. The van der Waals surface area contributed by atoms with Gasteiger partial charge in [-0.2, -0.15) is 0 Å². The molecule has 0 aromatic carbocycles. The Bertz CT molecular complexity index is 580. The van der Waals surface area contributed by atoms with Gasteiger partial charge in [0, 0.05) is 10.8 Å². The van der Waals surface area contributed by atoms with Crippen LogP contribution in [0.5, 0.6) is 0 Å². The van der Waals surface area contributed by atoms with Crippen LogP contribution in [0.2, 0.25) is 0 Å². The molecule has 1 fully saturated rings. The van der Waals surface area contributed by atoms with Crippen molar-refractivity contribution >= 4 is 17.3 Å². The fraction of sp³-hybridized carbons (Fsp3) is 0.333. The molecule has 1 saturated carbocycles. The second-order valence-electron chi connectivity index (χ2n) is 4.26. The summed E-state index contributed by atoms with van der Waals surface area (Å²) in [6.45, 7) is 1.98. The van der Waals surface area contributed by atoms with Crippen molar-refractivity contribution in [2.24, 2.45) is 0 Å². The van der Waals surface area contributed by atoms with E-state index in [4.69, 9.17) is 4.52 Å². The van der Waals surface area contributed by atoms with E-state index < -0.39 is 5.97 Å². The summed E-state index contributed by atoms with van der Waals surface area (Å²) < 4.78 is 5.22. The van der Waals surface area contributed by atoms with Crippen molar-refractivity contribution in [2.75, 3.05) is 0 Å². The van der Waals surface area contributed by atoms with Crippen molar-refractivity contribution < 1.29 is 14.4 Å².